The van der Waals surface area contributed by atoms with E-state index < -0.39 is 11.6 Å². The number of thiazole rings is 1. The zero-order valence-electron chi connectivity index (χ0n) is 13.7. The van der Waals surface area contributed by atoms with Crippen molar-refractivity contribution in [1.82, 2.24) is 15.2 Å². The Balaban J connectivity index is 1.68. The van der Waals surface area contributed by atoms with E-state index in [0.717, 1.165) is 25.7 Å². The molecular weight excluding hydrogens is 314 g/mol. The number of carbonyl (C=O) groups excluding carboxylic acids is 2. The van der Waals surface area contributed by atoms with E-state index in [1.807, 2.05) is 4.90 Å². The van der Waals surface area contributed by atoms with Gasteiger partial charge in [0.15, 0.2) is 5.01 Å². The maximum atomic E-state index is 12.6. The molecule has 23 heavy (non-hydrogen) atoms. The van der Waals surface area contributed by atoms with Crippen molar-refractivity contribution in [2.75, 3.05) is 0 Å². The number of nitrogens with zero attached hydrogens (tertiary/aromatic N) is 2. The summed E-state index contributed by atoms with van der Waals surface area (Å²) in [5, 5.41) is 14.5. The van der Waals surface area contributed by atoms with Gasteiger partial charge in [0.25, 0.3) is 11.8 Å². The van der Waals surface area contributed by atoms with E-state index in [0.29, 0.717) is 17.8 Å². The number of amides is 2. The molecule has 2 aliphatic heterocycles. The highest BCUT2D eigenvalue weighted by Crippen LogP contribution is 2.38. The number of rotatable bonds is 4. The minimum absolute atomic E-state index is 0.0548. The topological polar surface area (TPSA) is 82.5 Å². The quantitative estimate of drug-likeness (QED) is 0.878. The number of aliphatic hydroxyl groups is 1. The number of hydrogen-bond donors (Lipinski definition) is 2. The van der Waals surface area contributed by atoms with Crippen LogP contribution in [0.5, 0.6) is 0 Å². The molecule has 2 saturated heterocycles. The second-order valence-electron chi connectivity index (χ2n) is 7.06. The van der Waals surface area contributed by atoms with Crippen molar-refractivity contribution >= 4 is 23.2 Å². The largest absolute Gasteiger partial charge is 0.388 e. The van der Waals surface area contributed by atoms with Crippen LogP contribution in [0.4, 0.5) is 0 Å². The fourth-order valence-electron chi connectivity index (χ4n) is 3.29. The third-order valence-corrected chi connectivity index (χ3v) is 5.85. The van der Waals surface area contributed by atoms with Crippen LogP contribution in [0, 0.1) is 0 Å². The Labute approximate surface area is 139 Å². The molecule has 0 aliphatic carbocycles. The molecule has 1 aromatic rings. The maximum Gasteiger partial charge on any atom is 0.280 e. The van der Waals surface area contributed by atoms with Gasteiger partial charge in [-0.05, 0) is 46.5 Å². The lowest BCUT2D eigenvalue weighted by atomic mass is 10.0. The second-order valence-corrected chi connectivity index (χ2v) is 7.92. The normalized spacial score (nSPS) is 24.8. The second kappa shape index (κ2) is 5.87. The van der Waals surface area contributed by atoms with Crippen molar-refractivity contribution in [2.24, 2.45) is 0 Å². The first-order valence-corrected chi connectivity index (χ1v) is 8.96. The molecule has 2 aliphatic rings. The summed E-state index contributed by atoms with van der Waals surface area (Å²) in [5.74, 6) is -0.408. The van der Waals surface area contributed by atoms with Crippen LogP contribution in [-0.4, -0.2) is 50.5 Å². The summed E-state index contributed by atoms with van der Waals surface area (Å²) < 4.78 is 0. The predicted octanol–water partition coefficient (Wildman–Crippen LogP) is 1.80. The molecule has 2 bridgehead atoms. The molecule has 2 N–H and O–H groups in total. The highest BCUT2D eigenvalue weighted by atomic mass is 32.1. The summed E-state index contributed by atoms with van der Waals surface area (Å²) in [7, 11) is 0. The molecule has 2 amide bonds. The predicted molar refractivity (Wildman–Crippen MR) is 87.6 cm³/mol. The van der Waals surface area contributed by atoms with Gasteiger partial charge >= 0.3 is 0 Å². The van der Waals surface area contributed by atoms with Crippen molar-refractivity contribution in [2.45, 2.75) is 70.2 Å². The number of aromatic nitrogens is 1. The molecular formula is C16H23N3O3S. The van der Waals surface area contributed by atoms with E-state index in [2.05, 4.69) is 10.3 Å². The molecule has 7 heteroatoms. The van der Waals surface area contributed by atoms with Gasteiger partial charge in [-0.15, -0.1) is 11.3 Å². The highest BCUT2D eigenvalue weighted by Gasteiger charge is 2.43. The van der Waals surface area contributed by atoms with Crippen LogP contribution in [0.1, 0.15) is 66.7 Å². The van der Waals surface area contributed by atoms with Crippen molar-refractivity contribution in [1.29, 1.82) is 0 Å². The zero-order chi connectivity index (χ0) is 16.8. The smallest absolute Gasteiger partial charge is 0.280 e. The van der Waals surface area contributed by atoms with Gasteiger partial charge in [-0.2, -0.15) is 0 Å². The van der Waals surface area contributed by atoms with Gasteiger partial charge in [0.1, 0.15) is 5.69 Å². The third-order valence-electron chi connectivity index (χ3n) is 5.01. The number of fused-ring (bicyclic) bond motifs is 2. The van der Waals surface area contributed by atoms with Crippen LogP contribution in [0.25, 0.3) is 0 Å². The highest BCUT2D eigenvalue weighted by molar-refractivity contribution is 7.11. The third kappa shape index (κ3) is 3.12. The van der Waals surface area contributed by atoms with Gasteiger partial charge in [0, 0.05) is 17.5 Å². The average molecular weight is 337 g/mol. The van der Waals surface area contributed by atoms with Gasteiger partial charge in [0.2, 0.25) is 0 Å². The molecule has 3 heterocycles. The van der Waals surface area contributed by atoms with Crippen molar-refractivity contribution in [3.8, 4) is 0 Å². The Hall–Kier alpha value is -1.47. The summed E-state index contributed by atoms with van der Waals surface area (Å²) in [6, 6.07) is 0.288. The summed E-state index contributed by atoms with van der Waals surface area (Å²) in [6.45, 7) is 5.01. The van der Waals surface area contributed by atoms with Gasteiger partial charge in [0.05, 0.1) is 11.6 Å². The van der Waals surface area contributed by atoms with Crippen molar-refractivity contribution in [3.05, 3.63) is 16.1 Å². The monoisotopic (exact) mass is 337 g/mol. The van der Waals surface area contributed by atoms with E-state index >= 15 is 0 Å². The first-order valence-electron chi connectivity index (χ1n) is 8.09. The summed E-state index contributed by atoms with van der Waals surface area (Å²) in [5.41, 5.74) is -0.657. The van der Waals surface area contributed by atoms with Gasteiger partial charge < -0.3 is 15.3 Å². The van der Waals surface area contributed by atoms with Gasteiger partial charge in [-0.25, -0.2) is 4.98 Å². The fraction of sp³-hybridized carbons (Fsp3) is 0.688. The lowest BCUT2D eigenvalue weighted by Crippen LogP contribution is -2.47. The molecule has 0 saturated carbocycles. The Bertz CT molecular complexity index is 602. The van der Waals surface area contributed by atoms with E-state index in [1.54, 1.807) is 26.2 Å². The Morgan fingerprint density at radius 2 is 1.91 bits per heavy atom. The zero-order valence-corrected chi connectivity index (χ0v) is 14.5. The molecule has 6 nitrogen and oxygen atoms in total. The molecule has 2 fully saturated rings. The molecule has 0 radical (unpaired) electrons. The molecule has 0 aromatic carbocycles. The average Bonchev–Trinajstić information content (AvgIpc) is 3.21. The van der Waals surface area contributed by atoms with Gasteiger partial charge in [-0.3, -0.25) is 9.59 Å². The first kappa shape index (κ1) is 16.4. The lowest BCUT2D eigenvalue weighted by Gasteiger charge is -2.26. The number of hydrogen-bond acceptors (Lipinski definition) is 5. The summed E-state index contributed by atoms with van der Waals surface area (Å²) in [4.78, 5) is 31.0. The van der Waals surface area contributed by atoms with E-state index in [4.69, 9.17) is 0 Å². The van der Waals surface area contributed by atoms with Crippen molar-refractivity contribution in [3.63, 3.8) is 0 Å². The lowest BCUT2D eigenvalue weighted by molar-refractivity contribution is 0.0408. The Morgan fingerprint density at radius 3 is 2.43 bits per heavy atom. The molecule has 0 unspecified atom stereocenters. The molecule has 3 rings (SSSR count). The summed E-state index contributed by atoms with van der Waals surface area (Å²) in [6.07, 6.45) is 4.32. The van der Waals surface area contributed by atoms with Crippen LogP contribution in [-0.2, 0) is 0 Å². The minimum atomic E-state index is -1.01. The van der Waals surface area contributed by atoms with E-state index in [9.17, 15) is 14.7 Å². The SMILES string of the molecule is C[C@H](NC(=O)c1nc(C(=O)N2C3CCC2CC3)cs1)C(C)(C)O. The van der Waals surface area contributed by atoms with Crippen LogP contribution in [0.3, 0.4) is 0 Å². The van der Waals surface area contributed by atoms with Crippen LogP contribution >= 0.6 is 11.3 Å². The van der Waals surface area contributed by atoms with Crippen LogP contribution < -0.4 is 5.32 Å². The molecule has 1 atom stereocenters. The van der Waals surface area contributed by atoms with Crippen LogP contribution in [0.2, 0.25) is 0 Å². The molecule has 1 aromatic heterocycles. The number of carbonyl (C=O) groups is 2. The van der Waals surface area contributed by atoms with Gasteiger partial charge in [-0.1, -0.05) is 0 Å². The van der Waals surface area contributed by atoms with Crippen LogP contribution in [0.15, 0.2) is 5.38 Å². The van der Waals surface area contributed by atoms with E-state index in [1.165, 1.54) is 11.3 Å². The Kier molecular flexibility index (Phi) is 4.18. The fourth-order valence-corrected chi connectivity index (χ4v) is 3.98. The van der Waals surface area contributed by atoms with E-state index in [-0.39, 0.29) is 16.8 Å². The maximum absolute atomic E-state index is 12.6. The minimum Gasteiger partial charge on any atom is -0.388 e. The summed E-state index contributed by atoms with van der Waals surface area (Å²) >= 11 is 1.17. The first-order chi connectivity index (χ1) is 10.8. The molecule has 126 valence electrons. The number of nitrogens with one attached hydrogen (secondary N) is 1. The Morgan fingerprint density at radius 1 is 1.35 bits per heavy atom. The molecule has 0 spiro atoms. The standard InChI is InChI=1S/C16H23N3O3S/c1-9(16(2,3)22)17-13(20)14-18-12(8-23-14)15(21)19-10-4-5-11(19)7-6-10/h8-11,22H,4-7H2,1-3H3,(H,17,20)/t9-,10?,11?/m0/s1. The van der Waals surface area contributed by atoms with Crippen molar-refractivity contribution < 1.29 is 14.7 Å².